The van der Waals surface area contributed by atoms with Gasteiger partial charge in [0.05, 0.1) is 19.0 Å². The Balaban J connectivity index is 2.14. The fourth-order valence-electron chi connectivity index (χ4n) is 1.41. The van der Waals surface area contributed by atoms with Gasteiger partial charge in [-0.1, -0.05) is 0 Å². The van der Waals surface area contributed by atoms with Gasteiger partial charge < -0.3 is 10.5 Å². The minimum absolute atomic E-state index is 0.00386. The molecule has 0 aromatic rings. The van der Waals surface area contributed by atoms with Crippen LogP contribution in [0.5, 0.6) is 0 Å². The van der Waals surface area contributed by atoms with E-state index in [1.54, 1.807) is 0 Å². The molecule has 0 unspecified atom stereocenters. The first-order chi connectivity index (χ1) is 7.14. The van der Waals surface area contributed by atoms with Crippen LogP contribution in [0.4, 0.5) is 0 Å². The molecular weight excluding hydrogens is 218 g/mol. The van der Waals surface area contributed by atoms with Crippen LogP contribution in [-0.2, 0) is 14.8 Å². The highest BCUT2D eigenvalue weighted by atomic mass is 32.2. The Morgan fingerprint density at radius 1 is 1.33 bits per heavy atom. The van der Waals surface area contributed by atoms with Crippen LogP contribution in [0, 0.1) is 0 Å². The Bertz CT molecular complexity index is 262. The predicted octanol–water partition coefficient (Wildman–Crippen LogP) is -1.80. The summed E-state index contributed by atoms with van der Waals surface area (Å²) in [4.78, 5) is 2.18. The molecule has 0 aliphatic carbocycles. The summed E-state index contributed by atoms with van der Waals surface area (Å²) in [5.74, 6) is -0.00386. The average molecular weight is 237 g/mol. The van der Waals surface area contributed by atoms with E-state index < -0.39 is 10.0 Å². The molecule has 1 heterocycles. The molecule has 3 N–H and O–H groups in total. The Labute approximate surface area is 90.8 Å². The summed E-state index contributed by atoms with van der Waals surface area (Å²) in [5.41, 5.74) is 5.18. The third kappa shape index (κ3) is 5.43. The number of nitrogens with two attached hydrogens (primary N) is 1. The first-order valence-electron chi connectivity index (χ1n) is 5.11. The van der Waals surface area contributed by atoms with Crippen molar-refractivity contribution in [1.82, 2.24) is 9.62 Å². The zero-order chi connectivity index (χ0) is 11.1. The Morgan fingerprint density at radius 3 is 2.60 bits per heavy atom. The normalized spacial score (nSPS) is 19.3. The summed E-state index contributed by atoms with van der Waals surface area (Å²) in [6.07, 6.45) is 0. The van der Waals surface area contributed by atoms with Crippen molar-refractivity contribution < 1.29 is 13.2 Å². The summed E-state index contributed by atoms with van der Waals surface area (Å²) in [7, 11) is -3.17. The standard InChI is InChI=1S/C8H19N3O3S/c9-1-8-15(12,13)10-2-3-11-4-6-14-7-5-11/h10H,1-9H2. The van der Waals surface area contributed by atoms with Crippen LogP contribution in [0.1, 0.15) is 0 Å². The Kier molecular flexibility index (Phi) is 5.48. The summed E-state index contributed by atoms with van der Waals surface area (Å²) in [6, 6.07) is 0. The van der Waals surface area contributed by atoms with Crippen LogP contribution >= 0.6 is 0 Å². The van der Waals surface area contributed by atoms with Gasteiger partial charge in [-0.25, -0.2) is 13.1 Å². The second kappa shape index (κ2) is 6.39. The molecule has 1 saturated heterocycles. The van der Waals surface area contributed by atoms with Crippen LogP contribution in [0.2, 0.25) is 0 Å². The van der Waals surface area contributed by atoms with Gasteiger partial charge in [-0.05, 0) is 0 Å². The van der Waals surface area contributed by atoms with E-state index in [0.29, 0.717) is 6.54 Å². The molecule has 1 aliphatic heterocycles. The van der Waals surface area contributed by atoms with E-state index in [9.17, 15) is 8.42 Å². The molecular formula is C8H19N3O3S. The topological polar surface area (TPSA) is 84.7 Å². The number of rotatable bonds is 6. The minimum atomic E-state index is -3.17. The molecule has 0 saturated carbocycles. The van der Waals surface area contributed by atoms with Crippen molar-refractivity contribution >= 4 is 10.0 Å². The van der Waals surface area contributed by atoms with Gasteiger partial charge >= 0.3 is 0 Å². The highest BCUT2D eigenvalue weighted by Crippen LogP contribution is 1.95. The number of ether oxygens (including phenoxy) is 1. The summed E-state index contributed by atoms with van der Waals surface area (Å²) < 4.78 is 30.2. The van der Waals surface area contributed by atoms with E-state index in [4.69, 9.17) is 10.5 Å². The molecule has 6 nitrogen and oxygen atoms in total. The summed E-state index contributed by atoms with van der Waals surface area (Å²) >= 11 is 0. The SMILES string of the molecule is NCCS(=O)(=O)NCCN1CCOCC1. The Hall–Kier alpha value is -0.210. The molecule has 0 aromatic carbocycles. The highest BCUT2D eigenvalue weighted by Gasteiger charge is 2.12. The first-order valence-corrected chi connectivity index (χ1v) is 6.77. The van der Waals surface area contributed by atoms with Crippen LogP contribution in [0.15, 0.2) is 0 Å². The molecule has 15 heavy (non-hydrogen) atoms. The number of morpholine rings is 1. The van der Waals surface area contributed by atoms with Gasteiger partial charge in [0.2, 0.25) is 10.0 Å². The molecule has 0 aromatic heterocycles. The second-order valence-corrected chi connectivity index (χ2v) is 5.38. The van der Waals surface area contributed by atoms with Crippen molar-refractivity contribution in [2.45, 2.75) is 0 Å². The Morgan fingerprint density at radius 2 is 2.00 bits per heavy atom. The fraction of sp³-hybridized carbons (Fsp3) is 1.00. The highest BCUT2D eigenvalue weighted by molar-refractivity contribution is 7.89. The molecule has 1 fully saturated rings. The van der Waals surface area contributed by atoms with Crippen molar-refractivity contribution in [3.05, 3.63) is 0 Å². The number of nitrogens with zero attached hydrogens (tertiary/aromatic N) is 1. The van der Waals surface area contributed by atoms with Gasteiger partial charge in [0.15, 0.2) is 0 Å². The van der Waals surface area contributed by atoms with E-state index in [1.807, 2.05) is 0 Å². The second-order valence-electron chi connectivity index (χ2n) is 3.46. The third-order valence-electron chi connectivity index (χ3n) is 2.24. The number of nitrogens with one attached hydrogen (secondary N) is 1. The van der Waals surface area contributed by atoms with E-state index in [2.05, 4.69) is 9.62 Å². The first kappa shape index (κ1) is 12.9. The quantitative estimate of drug-likeness (QED) is 0.569. The number of hydrogen-bond acceptors (Lipinski definition) is 5. The van der Waals surface area contributed by atoms with Gasteiger partial charge in [0.25, 0.3) is 0 Å². The molecule has 0 spiro atoms. The lowest BCUT2D eigenvalue weighted by Gasteiger charge is -2.26. The average Bonchev–Trinajstić information content (AvgIpc) is 2.19. The van der Waals surface area contributed by atoms with Gasteiger partial charge in [-0.15, -0.1) is 0 Å². The van der Waals surface area contributed by atoms with Crippen LogP contribution in [0.25, 0.3) is 0 Å². The molecule has 7 heteroatoms. The molecule has 1 aliphatic rings. The summed E-state index contributed by atoms with van der Waals surface area (Å²) in [6.45, 7) is 4.55. The van der Waals surface area contributed by atoms with E-state index in [0.717, 1.165) is 32.8 Å². The lowest BCUT2D eigenvalue weighted by molar-refractivity contribution is 0.0390. The van der Waals surface area contributed by atoms with E-state index in [1.165, 1.54) is 0 Å². The molecule has 0 atom stereocenters. The molecule has 0 amide bonds. The van der Waals surface area contributed by atoms with E-state index in [-0.39, 0.29) is 12.3 Å². The van der Waals surface area contributed by atoms with Gasteiger partial charge in [-0.2, -0.15) is 0 Å². The van der Waals surface area contributed by atoms with Crippen molar-refractivity contribution in [2.24, 2.45) is 5.73 Å². The maximum absolute atomic E-state index is 11.2. The van der Waals surface area contributed by atoms with Crippen molar-refractivity contribution in [2.75, 3.05) is 51.7 Å². The number of sulfonamides is 1. The zero-order valence-corrected chi connectivity index (χ0v) is 9.63. The minimum Gasteiger partial charge on any atom is -0.379 e. The van der Waals surface area contributed by atoms with Gasteiger partial charge in [0, 0.05) is 32.7 Å². The van der Waals surface area contributed by atoms with Gasteiger partial charge in [-0.3, -0.25) is 4.90 Å². The molecule has 1 rings (SSSR count). The maximum Gasteiger partial charge on any atom is 0.212 e. The zero-order valence-electron chi connectivity index (χ0n) is 8.81. The fourth-order valence-corrected chi connectivity index (χ4v) is 2.27. The molecule has 90 valence electrons. The largest absolute Gasteiger partial charge is 0.379 e. The molecule has 0 bridgehead atoms. The summed E-state index contributed by atoms with van der Waals surface area (Å²) in [5, 5.41) is 0. The van der Waals surface area contributed by atoms with Crippen molar-refractivity contribution in [1.29, 1.82) is 0 Å². The lowest BCUT2D eigenvalue weighted by Crippen LogP contribution is -2.42. The predicted molar refractivity (Wildman–Crippen MR) is 58.1 cm³/mol. The van der Waals surface area contributed by atoms with Crippen molar-refractivity contribution in [3.8, 4) is 0 Å². The lowest BCUT2D eigenvalue weighted by atomic mass is 10.4. The van der Waals surface area contributed by atoms with Crippen LogP contribution in [0.3, 0.4) is 0 Å². The smallest absolute Gasteiger partial charge is 0.212 e. The maximum atomic E-state index is 11.2. The third-order valence-corrected chi connectivity index (χ3v) is 3.66. The molecule has 0 radical (unpaired) electrons. The van der Waals surface area contributed by atoms with E-state index >= 15 is 0 Å². The van der Waals surface area contributed by atoms with Crippen LogP contribution in [-0.4, -0.2) is 65.0 Å². The van der Waals surface area contributed by atoms with Crippen molar-refractivity contribution in [3.63, 3.8) is 0 Å². The van der Waals surface area contributed by atoms with Crippen LogP contribution < -0.4 is 10.5 Å². The number of hydrogen-bond donors (Lipinski definition) is 2. The monoisotopic (exact) mass is 237 g/mol. The van der Waals surface area contributed by atoms with Gasteiger partial charge in [0.1, 0.15) is 0 Å².